The minimum absolute atomic E-state index is 0.100. The van der Waals surface area contributed by atoms with Crippen LogP contribution in [-0.4, -0.2) is 36.1 Å². The number of hydrogen-bond acceptors (Lipinski definition) is 6. The van der Waals surface area contributed by atoms with Gasteiger partial charge in [0, 0.05) is 11.6 Å². The van der Waals surface area contributed by atoms with E-state index in [-0.39, 0.29) is 6.04 Å². The number of ether oxygens (including phenoxy) is 3. The second kappa shape index (κ2) is 7.03. The van der Waals surface area contributed by atoms with E-state index in [1.165, 1.54) is 0 Å². The van der Waals surface area contributed by atoms with Gasteiger partial charge in [-0.1, -0.05) is 12.1 Å². The lowest BCUT2D eigenvalue weighted by Gasteiger charge is -2.25. The van der Waals surface area contributed by atoms with Gasteiger partial charge in [-0.05, 0) is 35.9 Å². The molecule has 0 bridgehead atoms. The second-order valence-corrected chi connectivity index (χ2v) is 6.02. The molecule has 1 atom stereocenters. The molecule has 1 aliphatic heterocycles. The minimum Gasteiger partial charge on any atom is -0.497 e. The van der Waals surface area contributed by atoms with E-state index in [1.807, 2.05) is 47.1 Å². The molecule has 2 aromatic carbocycles. The molecule has 27 heavy (non-hydrogen) atoms. The van der Waals surface area contributed by atoms with Crippen LogP contribution in [0.25, 0.3) is 5.70 Å². The number of hydrogen-bond donors (Lipinski definition) is 1. The molecule has 7 nitrogen and oxygen atoms in total. The van der Waals surface area contributed by atoms with E-state index in [1.54, 1.807) is 27.7 Å². The van der Waals surface area contributed by atoms with E-state index >= 15 is 0 Å². The monoisotopic (exact) mass is 364 g/mol. The third kappa shape index (κ3) is 3.08. The van der Waals surface area contributed by atoms with Crippen molar-refractivity contribution in [1.29, 1.82) is 0 Å². The molecule has 0 aliphatic carbocycles. The van der Waals surface area contributed by atoms with E-state index in [2.05, 4.69) is 21.5 Å². The first kappa shape index (κ1) is 17.0. The van der Waals surface area contributed by atoms with Gasteiger partial charge in [-0.25, -0.2) is 4.68 Å². The average Bonchev–Trinajstić information content (AvgIpc) is 3.21. The number of allylic oxidation sites excluding steroid dienone is 1. The van der Waals surface area contributed by atoms with Gasteiger partial charge in [-0.3, -0.25) is 0 Å². The second-order valence-electron chi connectivity index (χ2n) is 6.02. The fourth-order valence-corrected chi connectivity index (χ4v) is 3.15. The number of anilines is 1. The number of fused-ring (bicyclic) bond motifs is 1. The molecule has 138 valence electrons. The zero-order chi connectivity index (χ0) is 18.8. The molecule has 0 spiro atoms. The summed E-state index contributed by atoms with van der Waals surface area (Å²) in [5.74, 6) is 2.94. The molecule has 0 saturated carbocycles. The number of rotatable bonds is 5. The van der Waals surface area contributed by atoms with Crippen LogP contribution in [0, 0.1) is 0 Å². The standard InChI is InChI=1S/C20H20N4O3/c1-25-14-6-4-13(5-7-14)18-11-17(23-20-21-12-22-24(18)20)16-9-8-15(26-2)10-19(16)27-3/h4-12,18H,1-3H3,(H,21,22,23)/t18-/m1/s1. The first-order chi connectivity index (χ1) is 13.2. The Morgan fingerprint density at radius 3 is 2.37 bits per heavy atom. The Labute approximate surface area is 157 Å². The third-order valence-corrected chi connectivity index (χ3v) is 4.56. The normalized spacial score (nSPS) is 15.4. The van der Waals surface area contributed by atoms with Crippen LogP contribution in [0.5, 0.6) is 17.2 Å². The Morgan fingerprint density at radius 1 is 0.926 bits per heavy atom. The Hall–Kier alpha value is -3.48. The predicted octanol–water partition coefficient (Wildman–Crippen LogP) is 3.36. The number of methoxy groups -OCH3 is 3. The van der Waals surface area contributed by atoms with Gasteiger partial charge in [0.1, 0.15) is 29.6 Å². The van der Waals surface area contributed by atoms with E-state index < -0.39 is 0 Å². The highest BCUT2D eigenvalue weighted by Crippen LogP contribution is 2.36. The molecule has 0 amide bonds. The Bertz CT molecular complexity index is 979. The summed E-state index contributed by atoms with van der Waals surface area (Å²) < 4.78 is 18.0. The van der Waals surface area contributed by atoms with Crippen molar-refractivity contribution in [2.45, 2.75) is 6.04 Å². The molecule has 0 radical (unpaired) electrons. The summed E-state index contributed by atoms with van der Waals surface area (Å²) in [5, 5.41) is 7.70. The lowest BCUT2D eigenvalue weighted by Crippen LogP contribution is -2.20. The van der Waals surface area contributed by atoms with Crippen molar-refractivity contribution in [2.75, 3.05) is 26.6 Å². The zero-order valence-electron chi connectivity index (χ0n) is 15.3. The number of aromatic nitrogens is 3. The summed E-state index contributed by atoms with van der Waals surface area (Å²) >= 11 is 0. The van der Waals surface area contributed by atoms with Crippen molar-refractivity contribution in [3.05, 3.63) is 66.0 Å². The van der Waals surface area contributed by atoms with Crippen molar-refractivity contribution >= 4 is 11.6 Å². The molecule has 1 aliphatic rings. The fourth-order valence-electron chi connectivity index (χ4n) is 3.15. The van der Waals surface area contributed by atoms with Gasteiger partial charge in [-0.2, -0.15) is 10.1 Å². The summed E-state index contributed by atoms with van der Waals surface area (Å²) in [6.45, 7) is 0. The van der Waals surface area contributed by atoms with Crippen LogP contribution >= 0.6 is 0 Å². The molecule has 1 aromatic heterocycles. The highest BCUT2D eigenvalue weighted by Gasteiger charge is 2.25. The van der Waals surface area contributed by atoms with Crippen molar-refractivity contribution in [3.8, 4) is 17.2 Å². The molecule has 4 rings (SSSR count). The maximum atomic E-state index is 5.56. The molecule has 0 unspecified atom stereocenters. The summed E-state index contributed by atoms with van der Waals surface area (Å²) in [6, 6.07) is 13.6. The molecule has 0 saturated heterocycles. The maximum absolute atomic E-state index is 5.56. The van der Waals surface area contributed by atoms with E-state index in [4.69, 9.17) is 14.2 Å². The molecule has 7 heteroatoms. The van der Waals surface area contributed by atoms with Crippen molar-refractivity contribution < 1.29 is 14.2 Å². The number of nitrogens with one attached hydrogen (secondary N) is 1. The molecule has 1 N–H and O–H groups in total. The topological polar surface area (TPSA) is 70.4 Å². The van der Waals surface area contributed by atoms with Crippen LogP contribution in [-0.2, 0) is 0 Å². The van der Waals surface area contributed by atoms with Crippen LogP contribution in [0.1, 0.15) is 17.2 Å². The van der Waals surface area contributed by atoms with E-state index in [0.29, 0.717) is 5.95 Å². The van der Waals surface area contributed by atoms with Gasteiger partial charge in [0.15, 0.2) is 0 Å². The smallest absolute Gasteiger partial charge is 0.226 e. The SMILES string of the molecule is COc1ccc([C@H]2C=C(c3ccc(OC)cc3OC)Nc3ncnn32)cc1. The minimum atomic E-state index is -0.100. The fraction of sp³-hybridized carbons (Fsp3) is 0.200. The number of benzene rings is 2. The average molecular weight is 364 g/mol. The molecule has 0 fully saturated rings. The van der Waals surface area contributed by atoms with E-state index in [0.717, 1.165) is 34.1 Å². The quantitative estimate of drug-likeness (QED) is 0.749. The summed E-state index contributed by atoms with van der Waals surface area (Å²) in [6.07, 6.45) is 3.65. The molecular formula is C20H20N4O3. The Morgan fingerprint density at radius 2 is 1.67 bits per heavy atom. The summed E-state index contributed by atoms with van der Waals surface area (Å²) in [7, 11) is 4.93. The van der Waals surface area contributed by atoms with Gasteiger partial charge in [-0.15, -0.1) is 0 Å². The lowest BCUT2D eigenvalue weighted by atomic mass is 10.0. The lowest BCUT2D eigenvalue weighted by molar-refractivity contribution is 0.393. The molecule has 3 aromatic rings. The Balaban J connectivity index is 1.79. The zero-order valence-corrected chi connectivity index (χ0v) is 15.3. The van der Waals surface area contributed by atoms with Gasteiger partial charge < -0.3 is 19.5 Å². The van der Waals surface area contributed by atoms with Crippen LogP contribution in [0.2, 0.25) is 0 Å². The van der Waals surface area contributed by atoms with Crippen molar-refractivity contribution in [2.24, 2.45) is 0 Å². The van der Waals surface area contributed by atoms with Crippen LogP contribution in [0.4, 0.5) is 5.95 Å². The van der Waals surface area contributed by atoms with Crippen molar-refractivity contribution in [3.63, 3.8) is 0 Å². The highest BCUT2D eigenvalue weighted by molar-refractivity contribution is 5.80. The van der Waals surface area contributed by atoms with Gasteiger partial charge >= 0.3 is 0 Å². The summed E-state index contributed by atoms with van der Waals surface area (Å²) in [4.78, 5) is 4.34. The third-order valence-electron chi connectivity index (χ3n) is 4.56. The highest BCUT2D eigenvalue weighted by atomic mass is 16.5. The maximum Gasteiger partial charge on any atom is 0.226 e. The van der Waals surface area contributed by atoms with Crippen molar-refractivity contribution in [1.82, 2.24) is 14.8 Å². The predicted molar refractivity (Wildman–Crippen MR) is 102 cm³/mol. The molecule has 2 heterocycles. The van der Waals surface area contributed by atoms with Gasteiger partial charge in [0.2, 0.25) is 5.95 Å². The first-order valence-corrected chi connectivity index (χ1v) is 8.48. The van der Waals surface area contributed by atoms with Gasteiger partial charge in [0.25, 0.3) is 0 Å². The largest absolute Gasteiger partial charge is 0.497 e. The van der Waals surface area contributed by atoms with Crippen LogP contribution < -0.4 is 19.5 Å². The first-order valence-electron chi connectivity index (χ1n) is 8.48. The van der Waals surface area contributed by atoms with Gasteiger partial charge in [0.05, 0.1) is 27.0 Å². The number of nitrogens with zero attached hydrogens (tertiary/aromatic N) is 3. The Kier molecular flexibility index (Phi) is 4.42. The summed E-state index contributed by atoms with van der Waals surface area (Å²) in [5.41, 5.74) is 2.90. The van der Waals surface area contributed by atoms with Crippen LogP contribution in [0.3, 0.4) is 0 Å². The molecular weight excluding hydrogens is 344 g/mol. The van der Waals surface area contributed by atoms with Crippen LogP contribution in [0.15, 0.2) is 54.9 Å². The van der Waals surface area contributed by atoms with E-state index in [9.17, 15) is 0 Å².